The van der Waals surface area contributed by atoms with E-state index < -0.39 is 0 Å². The van der Waals surface area contributed by atoms with Gasteiger partial charge in [0.2, 0.25) is 0 Å². The Balaban J connectivity index is 2.64. The summed E-state index contributed by atoms with van der Waals surface area (Å²) in [5, 5.41) is 3.42. The maximum atomic E-state index is 5.55. The van der Waals surface area contributed by atoms with Gasteiger partial charge < -0.3 is 14.8 Å². The molecule has 102 valence electrons. The molecular formula is C15H25NO2. The van der Waals surface area contributed by atoms with Gasteiger partial charge in [0, 0.05) is 18.3 Å². The van der Waals surface area contributed by atoms with Gasteiger partial charge in [0.05, 0.1) is 13.7 Å². The summed E-state index contributed by atoms with van der Waals surface area (Å²) < 4.78 is 10.8. The van der Waals surface area contributed by atoms with Gasteiger partial charge in [0.25, 0.3) is 0 Å². The van der Waals surface area contributed by atoms with E-state index in [0.29, 0.717) is 12.0 Å². The van der Waals surface area contributed by atoms with Crippen LogP contribution in [0.2, 0.25) is 0 Å². The van der Waals surface area contributed by atoms with Crippen LogP contribution in [0.25, 0.3) is 0 Å². The van der Waals surface area contributed by atoms with Gasteiger partial charge in [-0.05, 0) is 30.9 Å². The first-order valence-electron chi connectivity index (χ1n) is 6.51. The number of methoxy groups -OCH3 is 1. The fourth-order valence-electron chi connectivity index (χ4n) is 1.64. The Kier molecular flexibility index (Phi) is 5.32. The molecule has 0 radical (unpaired) electrons. The monoisotopic (exact) mass is 251 g/mol. The Morgan fingerprint density at radius 3 is 2.44 bits per heavy atom. The van der Waals surface area contributed by atoms with E-state index in [9.17, 15) is 0 Å². The smallest absolute Gasteiger partial charge is 0.163 e. The molecule has 1 rings (SSSR count). The topological polar surface area (TPSA) is 30.5 Å². The zero-order valence-corrected chi connectivity index (χ0v) is 12.2. The fraction of sp³-hybridized carbons (Fsp3) is 0.600. The third kappa shape index (κ3) is 4.86. The minimum Gasteiger partial charge on any atom is -0.493 e. The van der Waals surface area contributed by atoms with Crippen LogP contribution < -0.4 is 14.8 Å². The van der Waals surface area contributed by atoms with Crippen LogP contribution >= 0.6 is 0 Å². The minimum absolute atomic E-state index is 0.349. The number of ether oxygens (including phenoxy) is 2. The molecule has 0 atom stereocenters. The molecule has 0 aliphatic carbocycles. The number of benzene rings is 1. The van der Waals surface area contributed by atoms with Gasteiger partial charge in [-0.25, -0.2) is 0 Å². The lowest BCUT2D eigenvalue weighted by Gasteiger charge is -2.19. The van der Waals surface area contributed by atoms with Crippen molar-refractivity contribution in [3.05, 3.63) is 18.2 Å². The van der Waals surface area contributed by atoms with Gasteiger partial charge in [-0.2, -0.15) is 0 Å². The largest absolute Gasteiger partial charge is 0.493 e. The van der Waals surface area contributed by atoms with Gasteiger partial charge in [-0.1, -0.05) is 20.8 Å². The molecule has 1 N–H and O–H groups in total. The van der Waals surface area contributed by atoms with Crippen LogP contribution in [0.15, 0.2) is 18.2 Å². The fourth-order valence-corrected chi connectivity index (χ4v) is 1.64. The summed E-state index contributed by atoms with van der Waals surface area (Å²) in [5.41, 5.74) is 1.42. The van der Waals surface area contributed by atoms with Crippen molar-refractivity contribution in [3.8, 4) is 11.5 Å². The van der Waals surface area contributed by atoms with Crippen LogP contribution in [0, 0.1) is 5.41 Å². The number of rotatable bonds is 6. The van der Waals surface area contributed by atoms with Crippen LogP contribution in [0.1, 0.15) is 34.1 Å². The molecule has 0 heterocycles. The van der Waals surface area contributed by atoms with Crippen molar-refractivity contribution in [2.75, 3.05) is 25.6 Å². The van der Waals surface area contributed by atoms with Gasteiger partial charge in [-0.3, -0.25) is 0 Å². The highest BCUT2D eigenvalue weighted by Gasteiger charge is 2.10. The Hall–Kier alpha value is -1.38. The van der Waals surface area contributed by atoms with Crippen LogP contribution in [-0.4, -0.2) is 20.3 Å². The number of hydrogen-bond donors (Lipinski definition) is 1. The molecular weight excluding hydrogens is 226 g/mol. The van der Waals surface area contributed by atoms with E-state index in [-0.39, 0.29) is 0 Å². The van der Waals surface area contributed by atoms with Crippen molar-refractivity contribution in [3.63, 3.8) is 0 Å². The normalized spacial score (nSPS) is 11.2. The van der Waals surface area contributed by atoms with Gasteiger partial charge >= 0.3 is 0 Å². The highest BCUT2D eigenvalue weighted by molar-refractivity contribution is 5.54. The molecule has 1 aromatic carbocycles. The van der Waals surface area contributed by atoms with Crippen LogP contribution in [0.3, 0.4) is 0 Å². The standard InChI is InChI=1S/C15H25NO2/c1-6-18-14-11-12(7-8-13(14)17-5)16-10-9-15(2,3)4/h7-8,11,16H,6,9-10H2,1-5H3. The summed E-state index contributed by atoms with van der Waals surface area (Å²) in [5.74, 6) is 1.57. The lowest BCUT2D eigenvalue weighted by molar-refractivity contribution is 0.311. The molecule has 0 fully saturated rings. The third-order valence-corrected chi connectivity index (χ3v) is 2.67. The third-order valence-electron chi connectivity index (χ3n) is 2.67. The highest BCUT2D eigenvalue weighted by atomic mass is 16.5. The van der Waals surface area contributed by atoms with E-state index >= 15 is 0 Å². The molecule has 0 aliphatic rings. The van der Waals surface area contributed by atoms with Gasteiger partial charge in [0.1, 0.15) is 0 Å². The molecule has 0 saturated heterocycles. The minimum atomic E-state index is 0.349. The van der Waals surface area contributed by atoms with Crippen molar-refractivity contribution in [1.82, 2.24) is 0 Å². The Morgan fingerprint density at radius 2 is 1.89 bits per heavy atom. The van der Waals surface area contributed by atoms with Gasteiger partial charge in [0.15, 0.2) is 11.5 Å². The van der Waals surface area contributed by atoms with E-state index in [1.54, 1.807) is 7.11 Å². The molecule has 0 aliphatic heterocycles. The number of nitrogens with one attached hydrogen (secondary N) is 1. The van der Waals surface area contributed by atoms with Crippen molar-refractivity contribution in [2.45, 2.75) is 34.1 Å². The van der Waals surface area contributed by atoms with Crippen LogP contribution in [0.5, 0.6) is 11.5 Å². The van der Waals surface area contributed by atoms with Crippen molar-refractivity contribution in [1.29, 1.82) is 0 Å². The quantitative estimate of drug-likeness (QED) is 0.830. The van der Waals surface area contributed by atoms with E-state index in [2.05, 4.69) is 26.1 Å². The van der Waals surface area contributed by atoms with E-state index in [0.717, 1.165) is 30.2 Å². The van der Waals surface area contributed by atoms with Crippen molar-refractivity contribution < 1.29 is 9.47 Å². The highest BCUT2D eigenvalue weighted by Crippen LogP contribution is 2.30. The Labute approximate surface area is 110 Å². The number of anilines is 1. The molecule has 0 spiro atoms. The van der Waals surface area contributed by atoms with Crippen molar-refractivity contribution >= 4 is 5.69 Å². The molecule has 0 unspecified atom stereocenters. The summed E-state index contributed by atoms with van der Waals surface area (Å²) in [4.78, 5) is 0. The molecule has 0 aromatic heterocycles. The number of hydrogen-bond acceptors (Lipinski definition) is 3. The average molecular weight is 251 g/mol. The van der Waals surface area contributed by atoms with Crippen molar-refractivity contribution in [2.24, 2.45) is 5.41 Å². The predicted molar refractivity (Wildman–Crippen MR) is 76.7 cm³/mol. The molecule has 0 bridgehead atoms. The maximum Gasteiger partial charge on any atom is 0.163 e. The van der Waals surface area contributed by atoms with E-state index in [1.165, 1.54) is 0 Å². The zero-order valence-electron chi connectivity index (χ0n) is 12.2. The molecule has 18 heavy (non-hydrogen) atoms. The molecule has 3 heteroatoms. The zero-order chi connectivity index (χ0) is 13.6. The maximum absolute atomic E-state index is 5.55. The summed E-state index contributed by atoms with van der Waals surface area (Å²) >= 11 is 0. The van der Waals surface area contributed by atoms with Crippen LogP contribution in [-0.2, 0) is 0 Å². The second-order valence-corrected chi connectivity index (χ2v) is 5.54. The molecule has 1 aromatic rings. The Morgan fingerprint density at radius 1 is 1.17 bits per heavy atom. The lowest BCUT2D eigenvalue weighted by atomic mass is 9.92. The van der Waals surface area contributed by atoms with E-state index in [4.69, 9.17) is 9.47 Å². The lowest BCUT2D eigenvalue weighted by Crippen LogP contribution is -2.12. The first kappa shape index (κ1) is 14.7. The Bertz CT molecular complexity index is 369. The average Bonchev–Trinajstić information content (AvgIpc) is 2.28. The van der Waals surface area contributed by atoms with E-state index in [1.807, 2.05) is 25.1 Å². The van der Waals surface area contributed by atoms with Crippen LogP contribution in [0.4, 0.5) is 5.69 Å². The van der Waals surface area contributed by atoms with Gasteiger partial charge in [-0.15, -0.1) is 0 Å². The second-order valence-electron chi connectivity index (χ2n) is 5.54. The predicted octanol–water partition coefficient (Wildman–Crippen LogP) is 3.94. The molecule has 0 saturated carbocycles. The summed E-state index contributed by atoms with van der Waals surface area (Å²) in [7, 11) is 1.66. The first-order valence-corrected chi connectivity index (χ1v) is 6.51. The second kappa shape index (κ2) is 6.53. The first-order chi connectivity index (χ1) is 8.46. The molecule has 3 nitrogen and oxygen atoms in total. The summed E-state index contributed by atoms with van der Waals surface area (Å²) in [6.07, 6.45) is 1.13. The molecule has 0 amide bonds. The summed E-state index contributed by atoms with van der Waals surface area (Å²) in [6.45, 7) is 10.3. The summed E-state index contributed by atoms with van der Waals surface area (Å²) in [6, 6.07) is 5.94. The SMILES string of the molecule is CCOc1cc(NCCC(C)(C)C)ccc1OC.